The van der Waals surface area contributed by atoms with Crippen molar-refractivity contribution in [3.8, 4) is 23.4 Å². The highest BCUT2D eigenvalue weighted by molar-refractivity contribution is 7.89. The number of nitrogens with one attached hydrogen (secondary N) is 2. The fourth-order valence-corrected chi connectivity index (χ4v) is 4.55. The summed E-state index contributed by atoms with van der Waals surface area (Å²) in [5, 5.41) is 12.0. The Morgan fingerprint density at radius 1 is 1.09 bits per heavy atom. The summed E-state index contributed by atoms with van der Waals surface area (Å²) in [7, 11) is -2.45. The zero-order valence-electron chi connectivity index (χ0n) is 19.8. The first-order valence-electron chi connectivity index (χ1n) is 10.8. The smallest absolute Gasteiger partial charge is 0.242 e. The lowest BCUT2D eigenvalue weighted by Crippen LogP contribution is -2.47. The number of pyridine rings is 1. The lowest BCUT2D eigenvalue weighted by Gasteiger charge is -2.22. The van der Waals surface area contributed by atoms with Crippen molar-refractivity contribution in [2.45, 2.75) is 31.7 Å². The SMILES string of the molecule is COc1ccc(S(=O)(=O)N[C@H](C(=O)Nc2ccc(Oc3ncccc3C#N)cc2C)C(C)C)cc1. The predicted octanol–water partition coefficient (Wildman–Crippen LogP) is 4.00. The minimum Gasteiger partial charge on any atom is -0.497 e. The number of nitriles is 1. The number of anilines is 1. The van der Waals surface area contributed by atoms with Crippen molar-refractivity contribution in [1.29, 1.82) is 5.26 Å². The van der Waals surface area contributed by atoms with E-state index in [4.69, 9.17) is 9.47 Å². The molecule has 10 heteroatoms. The number of carbonyl (C=O) groups is 1. The van der Waals surface area contributed by atoms with E-state index >= 15 is 0 Å². The minimum atomic E-state index is -3.94. The van der Waals surface area contributed by atoms with Crippen LogP contribution in [-0.2, 0) is 14.8 Å². The fraction of sp³-hybridized carbons (Fsp3) is 0.240. The van der Waals surface area contributed by atoms with Crippen LogP contribution < -0.4 is 19.5 Å². The molecule has 3 rings (SSSR count). The second-order valence-corrected chi connectivity index (χ2v) is 9.77. The third kappa shape index (κ3) is 6.35. The molecule has 0 radical (unpaired) electrons. The molecule has 9 nitrogen and oxygen atoms in total. The second-order valence-electron chi connectivity index (χ2n) is 8.05. The molecule has 1 heterocycles. The number of sulfonamides is 1. The van der Waals surface area contributed by atoms with E-state index < -0.39 is 22.0 Å². The topological polar surface area (TPSA) is 130 Å². The Kier molecular flexibility index (Phi) is 8.06. The molecule has 0 aliphatic heterocycles. The number of hydrogen-bond acceptors (Lipinski definition) is 7. The summed E-state index contributed by atoms with van der Waals surface area (Å²) in [6.07, 6.45) is 1.52. The molecule has 1 atom stereocenters. The minimum absolute atomic E-state index is 0.0284. The number of ether oxygens (including phenoxy) is 2. The van der Waals surface area contributed by atoms with Crippen molar-refractivity contribution in [3.63, 3.8) is 0 Å². The molecule has 0 unspecified atom stereocenters. The highest BCUT2D eigenvalue weighted by atomic mass is 32.2. The van der Waals surface area contributed by atoms with Crippen molar-refractivity contribution < 1.29 is 22.7 Å². The van der Waals surface area contributed by atoms with Crippen LogP contribution in [0.25, 0.3) is 0 Å². The summed E-state index contributed by atoms with van der Waals surface area (Å²) in [5.41, 5.74) is 1.48. The first kappa shape index (κ1) is 25.7. The van der Waals surface area contributed by atoms with Gasteiger partial charge in [0.05, 0.1) is 12.0 Å². The molecule has 0 bridgehead atoms. The Hall–Kier alpha value is -3.94. The van der Waals surface area contributed by atoms with Gasteiger partial charge < -0.3 is 14.8 Å². The van der Waals surface area contributed by atoms with Gasteiger partial charge in [0.1, 0.15) is 29.2 Å². The van der Waals surface area contributed by atoms with Gasteiger partial charge in [-0.15, -0.1) is 0 Å². The highest BCUT2D eigenvalue weighted by Gasteiger charge is 2.29. The molecular weight excluding hydrogens is 468 g/mol. The van der Waals surface area contributed by atoms with Gasteiger partial charge in [0.15, 0.2) is 0 Å². The summed E-state index contributed by atoms with van der Waals surface area (Å²) in [5.74, 6) is 0.331. The second kappa shape index (κ2) is 11.0. The lowest BCUT2D eigenvalue weighted by atomic mass is 10.0. The largest absolute Gasteiger partial charge is 0.497 e. The molecule has 1 amide bonds. The first-order valence-corrected chi connectivity index (χ1v) is 12.2. The summed E-state index contributed by atoms with van der Waals surface area (Å²) in [4.78, 5) is 17.1. The highest BCUT2D eigenvalue weighted by Crippen LogP contribution is 2.27. The van der Waals surface area contributed by atoms with Gasteiger partial charge in [0.2, 0.25) is 21.8 Å². The molecule has 3 aromatic rings. The maximum Gasteiger partial charge on any atom is 0.242 e. The van der Waals surface area contributed by atoms with Crippen LogP contribution >= 0.6 is 0 Å². The van der Waals surface area contributed by atoms with Crippen molar-refractivity contribution >= 4 is 21.6 Å². The zero-order chi connectivity index (χ0) is 25.6. The quantitative estimate of drug-likeness (QED) is 0.460. The Bertz CT molecular complexity index is 1350. The van der Waals surface area contributed by atoms with E-state index in [0.29, 0.717) is 28.3 Å². The number of methoxy groups -OCH3 is 1. The maximum atomic E-state index is 13.0. The monoisotopic (exact) mass is 494 g/mol. The van der Waals surface area contributed by atoms with Gasteiger partial charge in [-0.1, -0.05) is 13.8 Å². The molecule has 2 aromatic carbocycles. The number of aryl methyl sites for hydroxylation is 1. The average Bonchev–Trinajstić information content (AvgIpc) is 2.84. The van der Waals surface area contributed by atoms with E-state index in [1.165, 1.54) is 37.6 Å². The molecule has 1 aromatic heterocycles. The third-order valence-electron chi connectivity index (χ3n) is 5.16. The van der Waals surface area contributed by atoms with Gasteiger partial charge >= 0.3 is 0 Å². The Balaban J connectivity index is 1.75. The van der Waals surface area contributed by atoms with E-state index in [2.05, 4.69) is 15.0 Å². The molecule has 182 valence electrons. The summed E-state index contributed by atoms with van der Waals surface area (Å²) in [6, 6.07) is 15.1. The van der Waals surface area contributed by atoms with Gasteiger partial charge in [0, 0.05) is 11.9 Å². The molecule has 0 aliphatic rings. The number of benzene rings is 2. The molecule has 0 fully saturated rings. The van der Waals surface area contributed by atoms with Crippen LogP contribution in [0.5, 0.6) is 17.4 Å². The van der Waals surface area contributed by atoms with E-state index in [-0.39, 0.29) is 16.7 Å². The molecule has 0 saturated heterocycles. The first-order chi connectivity index (χ1) is 16.6. The van der Waals surface area contributed by atoms with Crippen LogP contribution in [0, 0.1) is 24.2 Å². The van der Waals surface area contributed by atoms with E-state index in [0.717, 1.165) is 0 Å². The van der Waals surface area contributed by atoms with Crippen LogP contribution in [0.15, 0.2) is 65.7 Å². The summed E-state index contributed by atoms with van der Waals surface area (Å²) < 4.78 is 39.0. The molecule has 0 spiro atoms. The van der Waals surface area contributed by atoms with Crippen molar-refractivity contribution in [1.82, 2.24) is 9.71 Å². The van der Waals surface area contributed by atoms with Gasteiger partial charge in [-0.3, -0.25) is 4.79 Å². The zero-order valence-corrected chi connectivity index (χ0v) is 20.6. The van der Waals surface area contributed by atoms with E-state index in [1.807, 2.05) is 6.07 Å². The number of carbonyl (C=O) groups excluding carboxylic acids is 1. The van der Waals surface area contributed by atoms with Crippen molar-refractivity contribution in [2.75, 3.05) is 12.4 Å². The maximum absolute atomic E-state index is 13.0. The summed E-state index contributed by atoms with van der Waals surface area (Å²) in [6.45, 7) is 5.28. The van der Waals surface area contributed by atoms with Gasteiger partial charge in [-0.25, -0.2) is 13.4 Å². The number of amides is 1. The average molecular weight is 495 g/mol. The van der Waals surface area contributed by atoms with Crippen LogP contribution in [0.4, 0.5) is 5.69 Å². The number of nitrogens with zero attached hydrogens (tertiary/aromatic N) is 2. The van der Waals surface area contributed by atoms with Crippen molar-refractivity contribution in [3.05, 3.63) is 71.9 Å². The van der Waals surface area contributed by atoms with Crippen LogP contribution in [0.1, 0.15) is 25.0 Å². The number of aromatic nitrogens is 1. The molecule has 0 saturated carbocycles. The predicted molar refractivity (Wildman–Crippen MR) is 131 cm³/mol. The van der Waals surface area contributed by atoms with E-state index in [1.54, 1.807) is 51.1 Å². The molecule has 0 aliphatic carbocycles. The van der Waals surface area contributed by atoms with Crippen LogP contribution in [0.2, 0.25) is 0 Å². The third-order valence-corrected chi connectivity index (χ3v) is 6.62. The lowest BCUT2D eigenvalue weighted by molar-refractivity contribution is -0.118. The molecular formula is C25H26N4O5S. The Morgan fingerprint density at radius 3 is 2.37 bits per heavy atom. The number of rotatable bonds is 9. The Morgan fingerprint density at radius 2 is 1.77 bits per heavy atom. The molecule has 35 heavy (non-hydrogen) atoms. The molecule has 2 N–H and O–H groups in total. The van der Waals surface area contributed by atoms with Crippen LogP contribution in [-0.4, -0.2) is 32.5 Å². The van der Waals surface area contributed by atoms with Gasteiger partial charge in [-0.2, -0.15) is 9.98 Å². The fourth-order valence-electron chi connectivity index (χ4n) is 3.20. The van der Waals surface area contributed by atoms with Gasteiger partial charge in [0.25, 0.3) is 0 Å². The standard InChI is InChI=1S/C25H26N4O5S/c1-16(2)23(29-35(31,32)21-10-7-19(33-4)8-11-21)24(30)28-22-12-9-20(14-17(22)3)34-25-18(15-26)6-5-13-27-25/h5-14,16,23,29H,1-4H3,(H,28,30)/t23-/m0/s1. The summed E-state index contributed by atoms with van der Waals surface area (Å²) >= 11 is 0. The number of hydrogen-bond donors (Lipinski definition) is 2. The normalized spacial score (nSPS) is 12.0. The van der Waals surface area contributed by atoms with Crippen molar-refractivity contribution in [2.24, 2.45) is 5.92 Å². The van der Waals surface area contributed by atoms with Crippen LogP contribution in [0.3, 0.4) is 0 Å². The van der Waals surface area contributed by atoms with Gasteiger partial charge in [-0.05, 0) is 73.0 Å². The van der Waals surface area contributed by atoms with E-state index in [9.17, 15) is 18.5 Å². The Labute approximate surface area is 204 Å².